The maximum absolute atomic E-state index is 12.2. The van der Waals surface area contributed by atoms with Gasteiger partial charge in [0, 0.05) is 33.6 Å². The smallest absolute Gasteiger partial charge is 0.307 e. The molecule has 0 fully saturated rings. The Kier molecular flexibility index (Phi) is 7.66. The molecule has 0 aliphatic heterocycles. The van der Waals surface area contributed by atoms with Crippen LogP contribution in [0, 0.1) is 0 Å². The van der Waals surface area contributed by atoms with E-state index in [1.165, 1.54) is 34.7 Å². The van der Waals surface area contributed by atoms with E-state index in [1.54, 1.807) is 24.6 Å². The molecule has 1 amide bonds. The summed E-state index contributed by atoms with van der Waals surface area (Å²) in [5.41, 5.74) is 0. The number of ether oxygens (including phenoxy) is 1. The molecule has 0 spiro atoms. The van der Waals surface area contributed by atoms with Crippen molar-refractivity contribution < 1.29 is 22.7 Å². The highest BCUT2D eigenvalue weighted by Crippen LogP contribution is 2.20. The molecule has 0 aromatic carbocycles. The van der Waals surface area contributed by atoms with Crippen LogP contribution in [0.4, 0.5) is 0 Å². The Morgan fingerprint density at radius 3 is 2.48 bits per heavy atom. The zero-order valence-corrected chi connectivity index (χ0v) is 15.2. The molecule has 0 saturated heterocycles. The van der Waals surface area contributed by atoms with Gasteiger partial charge < -0.3 is 9.64 Å². The Balaban J connectivity index is 2.38. The lowest BCUT2D eigenvalue weighted by Crippen LogP contribution is -2.31. The normalized spacial score (nSPS) is 11.5. The number of amides is 1. The van der Waals surface area contributed by atoms with E-state index in [1.807, 2.05) is 0 Å². The fourth-order valence-corrected chi connectivity index (χ4v) is 4.22. The second-order valence-electron chi connectivity index (χ2n) is 5.00. The molecule has 0 bridgehead atoms. The second-order valence-corrected chi connectivity index (χ2v) is 8.22. The van der Waals surface area contributed by atoms with Crippen LogP contribution in [0.3, 0.4) is 0 Å². The molecular formula is C14H22N2O5S2. The summed E-state index contributed by atoms with van der Waals surface area (Å²) >= 11 is 1.17. The van der Waals surface area contributed by atoms with Crippen LogP contribution in [0.25, 0.3) is 0 Å². The molecule has 0 saturated carbocycles. The number of hydrogen-bond donors (Lipinski definition) is 0. The standard InChI is InChI=1S/C14H22N2O5S2/c1-15(10-8-13(18)21-3)12(17)6-4-9-16(2)23(19,20)14-7-5-11-22-14/h5,7,11H,4,6,8-10H2,1-3H3. The van der Waals surface area contributed by atoms with Gasteiger partial charge in [0.05, 0.1) is 13.5 Å². The van der Waals surface area contributed by atoms with Crippen LogP contribution in [0.2, 0.25) is 0 Å². The van der Waals surface area contributed by atoms with E-state index in [9.17, 15) is 18.0 Å². The lowest BCUT2D eigenvalue weighted by molar-refractivity contribution is -0.141. The Hall–Kier alpha value is -1.45. The molecule has 1 aromatic heterocycles. The summed E-state index contributed by atoms with van der Waals surface area (Å²) in [5, 5.41) is 1.71. The van der Waals surface area contributed by atoms with Crippen LogP contribution in [0.1, 0.15) is 19.3 Å². The number of hydrogen-bond acceptors (Lipinski definition) is 6. The van der Waals surface area contributed by atoms with Crippen LogP contribution in [-0.2, 0) is 24.3 Å². The summed E-state index contributed by atoms with van der Waals surface area (Å²) in [6.45, 7) is 0.547. The highest BCUT2D eigenvalue weighted by atomic mass is 32.2. The van der Waals surface area contributed by atoms with E-state index < -0.39 is 10.0 Å². The van der Waals surface area contributed by atoms with Crippen molar-refractivity contribution in [1.29, 1.82) is 0 Å². The van der Waals surface area contributed by atoms with Crippen LogP contribution in [0.5, 0.6) is 0 Å². The summed E-state index contributed by atoms with van der Waals surface area (Å²) in [7, 11) is 0.936. The number of carbonyl (C=O) groups excluding carboxylic acids is 2. The fraction of sp³-hybridized carbons (Fsp3) is 0.571. The van der Waals surface area contributed by atoms with Crippen molar-refractivity contribution in [3.8, 4) is 0 Å². The summed E-state index contributed by atoms with van der Waals surface area (Å²) in [6, 6.07) is 3.24. The van der Waals surface area contributed by atoms with Gasteiger partial charge in [0.1, 0.15) is 4.21 Å². The van der Waals surface area contributed by atoms with Crippen molar-refractivity contribution in [2.24, 2.45) is 0 Å². The van der Waals surface area contributed by atoms with E-state index >= 15 is 0 Å². The molecule has 0 N–H and O–H groups in total. The third-order valence-corrected chi connectivity index (χ3v) is 6.56. The third kappa shape index (κ3) is 5.92. The van der Waals surface area contributed by atoms with Gasteiger partial charge in [0.2, 0.25) is 5.91 Å². The van der Waals surface area contributed by atoms with Crippen molar-refractivity contribution in [3.63, 3.8) is 0 Å². The number of carbonyl (C=O) groups is 2. The van der Waals surface area contributed by atoms with Crippen molar-refractivity contribution in [2.45, 2.75) is 23.5 Å². The maximum atomic E-state index is 12.2. The zero-order chi connectivity index (χ0) is 17.5. The van der Waals surface area contributed by atoms with Crippen molar-refractivity contribution in [2.75, 3.05) is 34.3 Å². The molecule has 130 valence electrons. The van der Waals surface area contributed by atoms with Crippen LogP contribution < -0.4 is 0 Å². The highest BCUT2D eigenvalue weighted by Gasteiger charge is 2.21. The average Bonchev–Trinajstić information content (AvgIpc) is 3.06. The molecule has 1 rings (SSSR count). The van der Waals surface area contributed by atoms with E-state index in [4.69, 9.17) is 0 Å². The van der Waals surface area contributed by atoms with Gasteiger partial charge in [-0.25, -0.2) is 12.7 Å². The average molecular weight is 362 g/mol. The molecule has 23 heavy (non-hydrogen) atoms. The SMILES string of the molecule is COC(=O)CCN(C)C(=O)CCCN(C)S(=O)(=O)c1cccs1. The summed E-state index contributed by atoms with van der Waals surface area (Å²) < 4.78 is 30.5. The first-order valence-electron chi connectivity index (χ1n) is 7.09. The minimum Gasteiger partial charge on any atom is -0.469 e. The minimum atomic E-state index is -3.47. The lowest BCUT2D eigenvalue weighted by atomic mass is 10.2. The molecule has 9 heteroatoms. The number of esters is 1. The van der Waals surface area contributed by atoms with Gasteiger partial charge in [-0.15, -0.1) is 11.3 Å². The van der Waals surface area contributed by atoms with E-state index in [0.717, 1.165) is 0 Å². The van der Waals surface area contributed by atoms with E-state index in [0.29, 0.717) is 10.6 Å². The monoisotopic (exact) mass is 362 g/mol. The molecule has 0 radical (unpaired) electrons. The van der Waals surface area contributed by atoms with Crippen molar-refractivity contribution in [1.82, 2.24) is 9.21 Å². The highest BCUT2D eigenvalue weighted by molar-refractivity contribution is 7.91. The first-order valence-corrected chi connectivity index (χ1v) is 9.41. The van der Waals surface area contributed by atoms with E-state index in [-0.39, 0.29) is 37.8 Å². The largest absolute Gasteiger partial charge is 0.469 e. The molecule has 1 aromatic rings. The number of sulfonamides is 1. The van der Waals surface area contributed by atoms with Gasteiger partial charge in [0.25, 0.3) is 10.0 Å². The number of rotatable bonds is 9. The van der Waals surface area contributed by atoms with Gasteiger partial charge >= 0.3 is 5.97 Å². The minimum absolute atomic E-state index is 0.129. The molecule has 7 nitrogen and oxygen atoms in total. The molecule has 0 atom stereocenters. The zero-order valence-electron chi connectivity index (χ0n) is 13.5. The van der Waals surface area contributed by atoms with Gasteiger partial charge in [-0.3, -0.25) is 9.59 Å². The molecule has 0 aliphatic carbocycles. The quantitative estimate of drug-likeness (QED) is 0.616. The number of thiophene rings is 1. The fourth-order valence-electron chi connectivity index (χ4n) is 1.81. The Morgan fingerprint density at radius 2 is 1.91 bits per heavy atom. The summed E-state index contributed by atoms with van der Waals surface area (Å²) in [4.78, 5) is 24.4. The Labute approximate surface area is 140 Å². The topological polar surface area (TPSA) is 84.0 Å². The first kappa shape index (κ1) is 19.6. The third-order valence-electron chi connectivity index (χ3n) is 3.33. The lowest BCUT2D eigenvalue weighted by Gasteiger charge is -2.18. The predicted molar refractivity (Wildman–Crippen MR) is 87.6 cm³/mol. The van der Waals surface area contributed by atoms with Crippen LogP contribution >= 0.6 is 11.3 Å². The second kappa shape index (κ2) is 8.99. The predicted octanol–water partition coefficient (Wildman–Crippen LogP) is 1.17. The molecule has 0 aliphatic rings. The summed E-state index contributed by atoms with van der Waals surface area (Å²) in [6.07, 6.45) is 0.788. The van der Waals surface area contributed by atoms with Crippen molar-refractivity contribution >= 4 is 33.2 Å². The van der Waals surface area contributed by atoms with Crippen LogP contribution in [0.15, 0.2) is 21.7 Å². The van der Waals surface area contributed by atoms with Gasteiger partial charge in [-0.1, -0.05) is 6.07 Å². The number of nitrogens with zero attached hydrogens (tertiary/aromatic N) is 2. The molecule has 0 unspecified atom stereocenters. The van der Waals surface area contributed by atoms with Gasteiger partial charge in [0.15, 0.2) is 0 Å². The van der Waals surface area contributed by atoms with Crippen molar-refractivity contribution in [3.05, 3.63) is 17.5 Å². The Bertz CT molecular complexity index is 613. The molecule has 1 heterocycles. The summed E-state index contributed by atoms with van der Waals surface area (Å²) in [5.74, 6) is -0.498. The van der Waals surface area contributed by atoms with Gasteiger partial charge in [-0.05, 0) is 17.9 Å². The van der Waals surface area contributed by atoms with E-state index in [2.05, 4.69) is 4.74 Å². The maximum Gasteiger partial charge on any atom is 0.307 e. The van der Waals surface area contributed by atoms with Gasteiger partial charge in [-0.2, -0.15) is 0 Å². The molecular weight excluding hydrogens is 340 g/mol. The van der Waals surface area contributed by atoms with Crippen LogP contribution in [-0.4, -0.2) is 63.8 Å². The Morgan fingerprint density at radius 1 is 1.22 bits per heavy atom. The first-order chi connectivity index (χ1) is 10.8. The number of methoxy groups -OCH3 is 1.